The summed E-state index contributed by atoms with van der Waals surface area (Å²) in [5, 5.41) is 3.35. The normalized spacial score (nSPS) is 11.9. The van der Waals surface area contributed by atoms with Gasteiger partial charge in [-0.3, -0.25) is 0 Å². The molecule has 0 aliphatic rings. The zero-order valence-electron chi connectivity index (χ0n) is 10.2. The summed E-state index contributed by atoms with van der Waals surface area (Å²) < 4.78 is 21.8. The van der Waals surface area contributed by atoms with Crippen molar-refractivity contribution >= 4 is 32.9 Å². The summed E-state index contributed by atoms with van der Waals surface area (Å²) in [5.41, 5.74) is 0. The topological polar surface area (TPSA) is 46.2 Å². The average molecular weight is 293 g/mol. The van der Waals surface area contributed by atoms with Crippen LogP contribution in [0.5, 0.6) is 0 Å². The van der Waals surface area contributed by atoms with E-state index in [9.17, 15) is 8.42 Å². The number of rotatable bonds is 8. The van der Waals surface area contributed by atoms with Crippen LogP contribution in [0.25, 0.3) is 0 Å². The molecule has 1 N–H and O–H groups in total. The van der Waals surface area contributed by atoms with Crippen LogP contribution in [-0.4, -0.2) is 38.5 Å². The molecule has 0 amide bonds. The number of hydrogen-bond acceptors (Lipinski definition) is 5. The predicted molar refractivity (Wildman–Crippen MR) is 77.8 cm³/mol. The Kier molecular flexibility index (Phi) is 6.54. The van der Waals surface area contributed by atoms with Crippen molar-refractivity contribution in [1.29, 1.82) is 0 Å². The molecule has 0 unspecified atom stereocenters. The van der Waals surface area contributed by atoms with Crippen LogP contribution in [0, 0.1) is 6.92 Å². The maximum atomic E-state index is 10.9. The minimum Gasteiger partial charge on any atom is -0.311 e. The molecule has 0 aromatic carbocycles. The second kappa shape index (κ2) is 7.41. The van der Waals surface area contributed by atoms with Gasteiger partial charge in [0.2, 0.25) is 0 Å². The molecule has 1 rings (SSSR count). The maximum Gasteiger partial charge on any atom is 0.148 e. The van der Waals surface area contributed by atoms with Crippen LogP contribution < -0.4 is 5.32 Å². The lowest BCUT2D eigenvalue weighted by atomic mass is 10.4. The Morgan fingerprint density at radius 3 is 2.71 bits per heavy atom. The van der Waals surface area contributed by atoms with Gasteiger partial charge in [0.25, 0.3) is 0 Å². The van der Waals surface area contributed by atoms with Crippen molar-refractivity contribution in [3.8, 4) is 0 Å². The lowest BCUT2D eigenvalue weighted by molar-refractivity contribution is 0.603. The monoisotopic (exact) mass is 293 g/mol. The molecule has 3 nitrogen and oxygen atoms in total. The summed E-state index contributed by atoms with van der Waals surface area (Å²) in [6.45, 7) is 3.94. The first-order valence-corrected chi connectivity index (χ1v) is 9.52. The van der Waals surface area contributed by atoms with Crippen molar-refractivity contribution in [3.63, 3.8) is 0 Å². The molecule has 17 heavy (non-hydrogen) atoms. The van der Waals surface area contributed by atoms with Gasteiger partial charge < -0.3 is 5.32 Å². The van der Waals surface area contributed by atoms with E-state index in [-0.39, 0.29) is 5.75 Å². The quantitative estimate of drug-likeness (QED) is 0.744. The largest absolute Gasteiger partial charge is 0.311 e. The highest BCUT2D eigenvalue weighted by Crippen LogP contribution is 2.14. The summed E-state index contributed by atoms with van der Waals surface area (Å²) in [4.78, 5) is 2.69. The first kappa shape index (κ1) is 15.0. The van der Waals surface area contributed by atoms with E-state index in [0.717, 1.165) is 18.8 Å². The van der Waals surface area contributed by atoms with Crippen molar-refractivity contribution in [2.24, 2.45) is 0 Å². The average Bonchev–Trinajstić information content (AvgIpc) is 2.61. The van der Waals surface area contributed by atoms with Gasteiger partial charge in [-0.15, -0.1) is 11.3 Å². The summed E-state index contributed by atoms with van der Waals surface area (Å²) in [6, 6.07) is 4.27. The second-order valence-corrected chi connectivity index (χ2v) is 8.79. The Morgan fingerprint density at radius 2 is 2.12 bits per heavy atom. The molecule has 98 valence electrons. The van der Waals surface area contributed by atoms with Gasteiger partial charge >= 0.3 is 0 Å². The number of hydrogen-bond donors (Lipinski definition) is 1. The molecular weight excluding hydrogens is 274 g/mol. The van der Waals surface area contributed by atoms with Crippen LogP contribution in [0.15, 0.2) is 12.1 Å². The molecule has 1 aromatic rings. The van der Waals surface area contributed by atoms with E-state index in [2.05, 4.69) is 24.4 Å². The molecule has 0 aliphatic heterocycles. The third-order valence-corrected chi connectivity index (χ3v) is 5.31. The molecule has 1 aromatic heterocycles. The maximum absolute atomic E-state index is 10.9. The Morgan fingerprint density at radius 1 is 1.35 bits per heavy atom. The van der Waals surface area contributed by atoms with Gasteiger partial charge in [-0.05, 0) is 19.1 Å². The molecule has 0 atom stereocenters. The van der Waals surface area contributed by atoms with E-state index in [0.29, 0.717) is 5.75 Å². The molecule has 0 aliphatic carbocycles. The zero-order chi connectivity index (χ0) is 12.7. The summed E-state index contributed by atoms with van der Waals surface area (Å²) in [6.07, 6.45) is 1.28. The van der Waals surface area contributed by atoms with Gasteiger partial charge in [-0.25, -0.2) is 8.42 Å². The molecule has 0 radical (unpaired) electrons. The van der Waals surface area contributed by atoms with Crippen LogP contribution in [0.2, 0.25) is 0 Å². The minimum absolute atomic E-state index is 0.280. The van der Waals surface area contributed by atoms with Crippen molar-refractivity contribution < 1.29 is 8.42 Å². The highest BCUT2D eigenvalue weighted by molar-refractivity contribution is 8.00. The van der Waals surface area contributed by atoms with E-state index in [1.807, 2.05) is 11.3 Å². The van der Waals surface area contributed by atoms with E-state index in [1.54, 1.807) is 11.8 Å². The Balaban J connectivity index is 1.98. The van der Waals surface area contributed by atoms with Crippen molar-refractivity contribution in [2.75, 3.05) is 30.1 Å². The fourth-order valence-electron chi connectivity index (χ4n) is 1.25. The molecule has 0 spiro atoms. The molecule has 0 bridgehead atoms. The summed E-state index contributed by atoms with van der Waals surface area (Å²) in [7, 11) is -2.80. The third kappa shape index (κ3) is 7.81. The fraction of sp³-hybridized carbons (Fsp3) is 0.636. The van der Waals surface area contributed by atoms with Crippen LogP contribution in [0.1, 0.15) is 9.75 Å². The highest BCUT2D eigenvalue weighted by atomic mass is 32.2. The van der Waals surface area contributed by atoms with Crippen LogP contribution in [-0.2, 0) is 16.4 Å². The SMILES string of the molecule is Cc1ccc(CNCCSCCS(C)(=O)=O)s1. The third-order valence-electron chi connectivity index (χ3n) is 2.12. The minimum atomic E-state index is -2.80. The lowest BCUT2D eigenvalue weighted by Crippen LogP contribution is -2.16. The van der Waals surface area contributed by atoms with Gasteiger partial charge in [0.05, 0.1) is 5.75 Å². The molecule has 0 saturated carbocycles. The van der Waals surface area contributed by atoms with Gasteiger partial charge in [0.15, 0.2) is 0 Å². The van der Waals surface area contributed by atoms with E-state index in [4.69, 9.17) is 0 Å². The number of thiophene rings is 1. The highest BCUT2D eigenvalue weighted by Gasteiger charge is 2.01. The van der Waals surface area contributed by atoms with Crippen LogP contribution in [0.3, 0.4) is 0 Å². The van der Waals surface area contributed by atoms with Crippen LogP contribution in [0.4, 0.5) is 0 Å². The Labute approximate surface area is 112 Å². The number of aryl methyl sites for hydroxylation is 1. The standard InChI is InChI=1S/C11H19NO2S3/c1-10-3-4-11(16-10)9-12-5-6-15-7-8-17(2,13)14/h3-4,12H,5-9H2,1-2H3. The van der Waals surface area contributed by atoms with Gasteiger partial charge in [-0.1, -0.05) is 0 Å². The van der Waals surface area contributed by atoms with E-state index < -0.39 is 9.84 Å². The number of sulfone groups is 1. The smallest absolute Gasteiger partial charge is 0.148 e. The Bertz CT molecular complexity index is 426. The summed E-state index contributed by atoms with van der Waals surface area (Å²) in [5.74, 6) is 1.93. The van der Waals surface area contributed by atoms with Gasteiger partial charge in [-0.2, -0.15) is 11.8 Å². The van der Waals surface area contributed by atoms with E-state index >= 15 is 0 Å². The number of nitrogens with one attached hydrogen (secondary N) is 1. The molecule has 0 saturated heterocycles. The second-order valence-electron chi connectivity index (χ2n) is 3.93. The number of thioether (sulfide) groups is 1. The van der Waals surface area contributed by atoms with Crippen molar-refractivity contribution in [1.82, 2.24) is 5.32 Å². The molecular formula is C11H19NO2S3. The van der Waals surface area contributed by atoms with E-state index in [1.165, 1.54) is 16.0 Å². The molecule has 1 heterocycles. The lowest BCUT2D eigenvalue weighted by Gasteiger charge is -2.03. The van der Waals surface area contributed by atoms with Gasteiger partial charge in [0, 0.05) is 40.6 Å². The first-order chi connectivity index (χ1) is 7.97. The van der Waals surface area contributed by atoms with Gasteiger partial charge in [0.1, 0.15) is 9.84 Å². The van der Waals surface area contributed by atoms with Crippen molar-refractivity contribution in [3.05, 3.63) is 21.9 Å². The predicted octanol–water partition coefficient (Wildman–Crippen LogP) is 1.92. The Hall–Kier alpha value is -0.0400. The zero-order valence-corrected chi connectivity index (χ0v) is 12.7. The van der Waals surface area contributed by atoms with Crippen LogP contribution >= 0.6 is 23.1 Å². The first-order valence-electron chi connectivity index (χ1n) is 5.49. The summed E-state index contributed by atoms with van der Waals surface area (Å²) >= 11 is 3.49. The fourth-order valence-corrected chi connectivity index (χ4v) is 4.28. The molecule has 6 heteroatoms. The van der Waals surface area contributed by atoms with Crippen molar-refractivity contribution in [2.45, 2.75) is 13.5 Å². The molecule has 0 fully saturated rings.